The standard InChI is InChI=1S/C24H27ClF2N2O5/c1-23(2,3)33-21(31)29(22(32)34-24(4,5)6)20-17(26)10-7-13(19(20)27)11-18(30)15-12-14(28)8-9-16(15)25/h7-10,12H,11,28H2,1-6H3. The molecule has 0 aliphatic heterocycles. The van der Waals surface area contributed by atoms with Gasteiger partial charge < -0.3 is 15.2 Å². The second kappa shape index (κ2) is 9.97. The Morgan fingerprint density at radius 2 is 1.47 bits per heavy atom. The number of nitrogen functional groups attached to an aromatic ring is 1. The summed E-state index contributed by atoms with van der Waals surface area (Å²) >= 11 is 6.05. The van der Waals surface area contributed by atoms with Crippen molar-refractivity contribution in [2.45, 2.75) is 59.2 Å². The van der Waals surface area contributed by atoms with Gasteiger partial charge in [-0.1, -0.05) is 17.7 Å². The fourth-order valence-electron chi connectivity index (χ4n) is 2.82. The normalized spacial score (nSPS) is 11.7. The molecule has 0 bridgehead atoms. The minimum atomic E-state index is -1.35. The van der Waals surface area contributed by atoms with Crippen LogP contribution in [0, 0.1) is 11.6 Å². The highest BCUT2D eigenvalue weighted by Crippen LogP contribution is 2.31. The second-order valence-corrected chi connectivity index (χ2v) is 9.91. The van der Waals surface area contributed by atoms with Gasteiger partial charge in [0.1, 0.15) is 16.9 Å². The van der Waals surface area contributed by atoms with Crippen LogP contribution in [0.15, 0.2) is 30.3 Å². The maximum atomic E-state index is 15.5. The van der Waals surface area contributed by atoms with Crippen LogP contribution < -0.4 is 10.6 Å². The zero-order chi connectivity index (χ0) is 26.0. The molecule has 0 fully saturated rings. The molecule has 184 valence electrons. The number of anilines is 2. The fourth-order valence-corrected chi connectivity index (χ4v) is 3.04. The minimum Gasteiger partial charge on any atom is -0.443 e. The predicted molar refractivity (Wildman–Crippen MR) is 125 cm³/mol. The Kier molecular flexibility index (Phi) is 7.93. The van der Waals surface area contributed by atoms with Crippen molar-refractivity contribution < 1.29 is 32.6 Å². The molecule has 0 saturated heterocycles. The van der Waals surface area contributed by atoms with Gasteiger partial charge in [0.2, 0.25) is 0 Å². The van der Waals surface area contributed by atoms with Crippen molar-refractivity contribution in [1.82, 2.24) is 0 Å². The van der Waals surface area contributed by atoms with Gasteiger partial charge in [-0.15, -0.1) is 0 Å². The maximum absolute atomic E-state index is 15.5. The first kappa shape index (κ1) is 27.0. The van der Waals surface area contributed by atoms with Crippen LogP contribution in [0.1, 0.15) is 57.5 Å². The lowest BCUT2D eigenvalue weighted by molar-refractivity contribution is 0.0426. The molecule has 0 aliphatic rings. The third-order valence-electron chi connectivity index (χ3n) is 4.16. The highest BCUT2D eigenvalue weighted by atomic mass is 35.5. The summed E-state index contributed by atoms with van der Waals surface area (Å²) in [6.07, 6.45) is -3.23. The molecule has 0 unspecified atom stereocenters. The number of nitrogens with zero attached hydrogens (tertiary/aromatic N) is 1. The van der Waals surface area contributed by atoms with Crippen molar-refractivity contribution in [2.75, 3.05) is 10.6 Å². The molecule has 7 nitrogen and oxygen atoms in total. The molecule has 2 rings (SSSR count). The molecule has 0 heterocycles. The van der Waals surface area contributed by atoms with Gasteiger partial charge in [0.15, 0.2) is 17.4 Å². The Balaban J connectivity index is 2.55. The zero-order valence-corrected chi connectivity index (χ0v) is 20.5. The lowest BCUT2D eigenvalue weighted by atomic mass is 10.0. The summed E-state index contributed by atoms with van der Waals surface area (Å²) in [5.74, 6) is -3.13. The summed E-state index contributed by atoms with van der Waals surface area (Å²) in [6.45, 7) is 9.14. The average molecular weight is 497 g/mol. The summed E-state index contributed by atoms with van der Waals surface area (Å²) in [7, 11) is 0. The van der Waals surface area contributed by atoms with Crippen molar-refractivity contribution >= 4 is 40.9 Å². The first-order chi connectivity index (χ1) is 15.5. The number of halogens is 3. The summed E-state index contributed by atoms with van der Waals surface area (Å²) in [5.41, 5.74) is 2.55. The first-order valence-electron chi connectivity index (χ1n) is 10.3. The van der Waals surface area contributed by atoms with Crippen LogP contribution in [0.4, 0.5) is 29.7 Å². The van der Waals surface area contributed by atoms with E-state index >= 15 is 4.39 Å². The molecule has 0 aliphatic carbocycles. The van der Waals surface area contributed by atoms with Crippen molar-refractivity contribution in [3.63, 3.8) is 0 Å². The predicted octanol–water partition coefficient (Wildman–Crippen LogP) is 6.30. The van der Waals surface area contributed by atoms with Gasteiger partial charge in [0.05, 0.1) is 5.02 Å². The molecule has 0 radical (unpaired) electrons. The van der Waals surface area contributed by atoms with Crippen molar-refractivity contribution in [3.05, 3.63) is 58.1 Å². The number of benzene rings is 2. The number of hydrogen-bond donors (Lipinski definition) is 1. The van der Waals surface area contributed by atoms with Crippen LogP contribution in [0.5, 0.6) is 0 Å². The van der Waals surface area contributed by atoms with Gasteiger partial charge in [-0.3, -0.25) is 4.79 Å². The van der Waals surface area contributed by atoms with Crippen molar-refractivity contribution in [3.8, 4) is 0 Å². The lowest BCUT2D eigenvalue weighted by Crippen LogP contribution is -2.44. The van der Waals surface area contributed by atoms with E-state index < -0.39 is 52.9 Å². The number of carbonyl (C=O) groups excluding carboxylic acids is 3. The van der Waals surface area contributed by atoms with Crippen LogP contribution >= 0.6 is 11.6 Å². The number of imide groups is 1. The van der Waals surface area contributed by atoms with E-state index in [1.54, 1.807) is 0 Å². The van der Waals surface area contributed by atoms with E-state index in [9.17, 15) is 18.8 Å². The van der Waals surface area contributed by atoms with E-state index in [1.165, 1.54) is 59.7 Å². The van der Waals surface area contributed by atoms with Gasteiger partial charge in [-0.2, -0.15) is 4.90 Å². The monoisotopic (exact) mass is 496 g/mol. The average Bonchev–Trinajstić information content (AvgIpc) is 2.66. The van der Waals surface area contributed by atoms with E-state index in [0.717, 1.165) is 12.1 Å². The highest BCUT2D eigenvalue weighted by molar-refractivity contribution is 6.34. The molecule has 10 heteroatoms. The Labute approximate surface area is 201 Å². The molecule has 0 aromatic heterocycles. The largest absolute Gasteiger partial charge is 0.443 e. The van der Waals surface area contributed by atoms with Crippen LogP contribution in [0.25, 0.3) is 0 Å². The molecular formula is C24H27ClF2N2O5. The molecule has 34 heavy (non-hydrogen) atoms. The Bertz CT molecular complexity index is 1100. The van der Waals surface area contributed by atoms with Gasteiger partial charge in [0.25, 0.3) is 0 Å². The van der Waals surface area contributed by atoms with Gasteiger partial charge in [0, 0.05) is 17.7 Å². The van der Waals surface area contributed by atoms with E-state index in [-0.39, 0.29) is 26.7 Å². The maximum Gasteiger partial charge on any atom is 0.424 e. The quantitative estimate of drug-likeness (QED) is 0.393. The Morgan fingerprint density at radius 3 is 1.97 bits per heavy atom. The SMILES string of the molecule is CC(C)(C)OC(=O)N(C(=O)OC(C)(C)C)c1c(F)ccc(CC(=O)c2cc(N)ccc2Cl)c1F. The first-order valence-corrected chi connectivity index (χ1v) is 10.7. The Hall–Kier alpha value is -3.20. The van der Waals surface area contributed by atoms with Gasteiger partial charge in [-0.05, 0) is 71.4 Å². The number of amides is 2. The van der Waals surface area contributed by atoms with E-state index in [1.807, 2.05) is 0 Å². The molecule has 2 N–H and O–H groups in total. The van der Waals surface area contributed by atoms with Crippen LogP contribution in [-0.2, 0) is 15.9 Å². The number of ketones is 1. The molecule has 0 atom stereocenters. The molecule has 2 aromatic carbocycles. The molecule has 0 saturated carbocycles. The molecule has 2 aromatic rings. The summed E-state index contributed by atoms with van der Waals surface area (Å²) < 4.78 is 40.7. The number of nitrogens with two attached hydrogens (primary N) is 1. The number of rotatable bonds is 4. The van der Waals surface area contributed by atoms with E-state index in [0.29, 0.717) is 0 Å². The zero-order valence-electron chi connectivity index (χ0n) is 19.8. The topological polar surface area (TPSA) is 98.9 Å². The minimum absolute atomic E-state index is 0.0445. The number of ether oxygens (including phenoxy) is 2. The van der Waals surface area contributed by atoms with Gasteiger partial charge >= 0.3 is 12.2 Å². The number of carbonyl (C=O) groups is 3. The van der Waals surface area contributed by atoms with Crippen molar-refractivity contribution in [1.29, 1.82) is 0 Å². The third-order valence-corrected chi connectivity index (χ3v) is 4.49. The fraction of sp³-hybridized carbons (Fsp3) is 0.375. The molecule has 2 amide bonds. The van der Waals surface area contributed by atoms with Crippen LogP contribution in [0.3, 0.4) is 0 Å². The summed E-state index contributed by atoms with van der Waals surface area (Å²) in [6, 6.07) is 6.12. The Morgan fingerprint density at radius 1 is 0.941 bits per heavy atom. The summed E-state index contributed by atoms with van der Waals surface area (Å²) in [5, 5.41) is 0.103. The smallest absolute Gasteiger partial charge is 0.424 e. The molecule has 0 spiro atoms. The summed E-state index contributed by atoms with van der Waals surface area (Å²) in [4.78, 5) is 38.5. The lowest BCUT2D eigenvalue weighted by Gasteiger charge is -2.29. The van der Waals surface area contributed by atoms with Crippen molar-refractivity contribution in [2.24, 2.45) is 0 Å². The number of hydrogen-bond acceptors (Lipinski definition) is 6. The molecular weight excluding hydrogens is 470 g/mol. The highest BCUT2D eigenvalue weighted by Gasteiger charge is 2.37. The van der Waals surface area contributed by atoms with E-state index in [4.69, 9.17) is 26.8 Å². The van der Waals surface area contributed by atoms with E-state index in [2.05, 4.69) is 0 Å². The third kappa shape index (κ3) is 6.90. The number of Topliss-reactive ketones (excluding diaryl/α,β-unsaturated/α-hetero) is 1. The second-order valence-electron chi connectivity index (χ2n) is 9.50. The van der Waals surface area contributed by atoms with Crippen LogP contribution in [0.2, 0.25) is 5.02 Å². The van der Waals surface area contributed by atoms with Gasteiger partial charge in [-0.25, -0.2) is 18.4 Å². The van der Waals surface area contributed by atoms with Crippen LogP contribution in [-0.4, -0.2) is 29.2 Å².